The van der Waals surface area contributed by atoms with Gasteiger partial charge >= 0.3 is 5.69 Å². The molecule has 18 heavy (non-hydrogen) atoms. The highest BCUT2D eigenvalue weighted by molar-refractivity contribution is 5.72. The van der Waals surface area contributed by atoms with Crippen molar-refractivity contribution >= 4 is 17.8 Å². The quantitative estimate of drug-likeness (QED) is 0.613. The average molecular weight is 244 g/mol. The Morgan fingerprint density at radius 1 is 1.28 bits per heavy atom. The molecular formula is C13H12N2O3. The van der Waals surface area contributed by atoms with Crippen molar-refractivity contribution in [2.45, 2.75) is 13.8 Å². The number of hydrogen-bond acceptors (Lipinski definition) is 4. The molecule has 0 fully saturated rings. The summed E-state index contributed by atoms with van der Waals surface area (Å²) in [5, 5.41) is 14.5. The zero-order valence-corrected chi connectivity index (χ0v) is 10.1. The zero-order chi connectivity index (χ0) is 13.1. The van der Waals surface area contributed by atoms with Gasteiger partial charge in [-0.3, -0.25) is 10.1 Å². The monoisotopic (exact) mass is 244 g/mol. The molecule has 0 saturated heterocycles. The van der Waals surface area contributed by atoms with Crippen LogP contribution in [0.4, 0.5) is 5.69 Å². The molecule has 0 radical (unpaired) electrons. The Bertz CT molecular complexity index is 614. The second kappa shape index (κ2) is 4.83. The van der Waals surface area contributed by atoms with Gasteiger partial charge in [-0.15, -0.1) is 0 Å². The van der Waals surface area contributed by atoms with Gasteiger partial charge in [0.05, 0.1) is 4.92 Å². The minimum atomic E-state index is -0.483. The maximum atomic E-state index is 10.9. The molecule has 0 unspecified atom stereocenters. The fourth-order valence-corrected chi connectivity index (χ4v) is 1.65. The summed E-state index contributed by atoms with van der Waals surface area (Å²) in [5.74, 6) is 0.167. The molecule has 1 heterocycles. The third-order valence-corrected chi connectivity index (χ3v) is 2.64. The van der Waals surface area contributed by atoms with Crippen LogP contribution in [-0.2, 0) is 0 Å². The first-order valence-corrected chi connectivity index (χ1v) is 5.44. The summed E-state index contributed by atoms with van der Waals surface area (Å²) < 4.78 is 4.94. The number of rotatable bonds is 3. The highest BCUT2D eigenvalue weighted by Gasteiger charge is 2.21. The maximum absolute atomic E-state index is 10.9. The van der Waals surface area contributed by atoms with Crippen molar-refractivity contribution in [2.24, 2.45) is 0 Å². The molecule has 0 aliphatic carbocycles. The highest BCUT2D eigenvalue weighted by Crippen LogP contribution is 2.24. The molecule has 0 spiro atoms. The summed E-state index contributed by atoms with van der Waals surface area (Å²) in [5.41, 5.74) is 2.28. The molecule has 5 nitrogen and oxygen atoms in total. The van der Waals surface area contributed by atoms with Crippen LogP contribution in [0, 0.1) is 24.0 Å². The van der Waals surface area contributed by atoms with E-state index in [0.717, 1.165) is 11.1 Å². The van der Waals surface area contributed by atoms with Crippen molar-refractivity contribution in [3.63, 3.8) is 0 Å². The first kappa shape index (κ1) is 12.0. The Balaban J connectivity index is 2.36. The van der Waals surface area contributed by atoms with Crippen LogP contribution in [0.15, 0.2) is 28.8 Å². The van der Waals surface area contributed by atoms with E-state index in [0.29, 0.717) is 0 Å². The Hall–Kier alpha value is -2.43. The molecule has 5 heteroatoms. The first-order chi connectivity index (χ1) is 8.59. The fourth-order valence-electron chi connectivity index (χ4n) is 1.65. The molecule has 0 atom stereocenters. The molecule has 0 saturated carbocycles. The lowest BCUT2D eigenvalue weighted by molar-refractivity contribution is -0.386. The van der Waals surface area contributed by atoms with Gasteiger partial charge in [-0.05, 0) is 31.1 Å². The predicted octanol–water partition coefficient (Wildman–Crippen LogP) is 3.37. The number of aromatic nitrogens is 1. The maximum Gasteiger partial charge on any atom is 0.338 e. The van der Waals surface area contributed by atoms with Crippen molar-refractivity contribution in [1.82, 2.24) is 5.16 Å². The summed E-state index contributed by atoms with van der Waals surface area (Å²) >= 11 is 0. The van der Waals surface area contributed by atoms with E-state index in [1.807, 2.05) is 31.2 Å². The molecule has 0 bridgehead atoms. The minimum Gasteiger partial charge on any atom is -0.349 e. The Morgan fingerprint density at radius 2 is 2.00 bits per heavy atom. The number of aryl methyl sites for hydroxylation is 2. The van der Waals surface area contributed by atoms with E-state index < -0.39 is 4.92 Å². The van der Waals surface area contributed by atoms with E-state index in [1.165, 1.54) is 0 Å². The molecule has 2 aromatic rings. The van der Waals surface area contributed by atoms with Gasteiger partial charge in [-0.2, -0.15) is 0 Å². The lowest BCUT2D eigenvalue weighted by Gasteiger charge is -1.97. The molecule has 0 aliphatic rings. The van der Waals surface area contributed by atoms with E-state index in [1.54, 1.807) is 19.1 Å². The van der Waals surface area contributed by atoms with Crippen LogP contribution in [-0.4, -0.2) is 10.1 Å². The van der Waals surface area contributed by atoms with Crippen LogP contribution in [0.3, 0.4) is 0 Å². The first-order valence-electron chi connectivity index (χ1n) is 5.44. The van der Waals surface area contributed by atoms with Gasteiger partial charge in [-0.25, -0.2) is 0 Å². The SMILES string of the molecule is Cc1ccccc1/C=C\c1onc(C)c1[N+](=O)[O-]. The van der Waals surface area contributed by atoms with Crippen molar-refractivity contribution in [2.75, 3.05) is 0 Å². The van der Waals surface area contributed by atoms with Crippen molar-refractivity contribution in [3.05, 3.63) is 57.0 Å². The lowest BCUT2D eigenvalue weighted by Crippen LogP contribution is -1.90. The van der Waals surface area contributed by atoms with E-state index in [-0.39, 0.29) is 17.1 Å². The largest absolute Gasteiger partial charge is 0.349 e. The third-order valence-electron chi connectivity index (χ3n) is 2.64. The van der Waals surface area contributed by atoms with Crippen LogP contribution in [0.5, 0.6) is 0 Å². The smallest absolute Gasteiger partial charge is 0.338 e. The second-order valence-corrected chi connectivity index (χ2v) is 3.93. The van der Waals surface area contributed by atoms with Crippen LogP contribution in [0.25, 0.3) is 12.2 Å². The Labute approximate surface area is 104 Å². The van der Waals surface area contributed by atoms with Gasteiger partial charge in [0.25, 0.3) is 0 Å². The zero-order valence-electron chi connectivity index (χ0n) is 10.1. The number of benzene rings is 1. The second-order valence-electron chi connectivity index (χ2n) is 3.93. The number of nitrogens with zero attached hydrogens (tertiary/aromatic N) is 2. The van der Waals surface area contributed by atoms with Crippen molar-refractivity contribution in [1.29, 1.82) is 0 Å². The highest BCUT2D eigenvalue weighted by atomic mass is 16.6. The van der Waals surface area contributed by atoms with E-state index in [4.69, 9.17) is 4.52 Å². The number of hydrogen-bond donors (Lipinski definition) is 0. The van der Waals surface area contributed by atoms with Gasteiger partial charge < -0.3 is 4.52 Å². The average Bonchev–Trinajstić information content (AvgIpc) is 2.69. The molecule has 1 aromatic heterocycles. The van der Waals surface area contributed by atoms with Crippen molar-refractivity contribution < 1.29 is 9.45 Å². The van der Waals surface area contributed by atoms with E-state index in [9.17, 15) is 10.1 Å². The number of nitro groups is 1. The van der Waals surface area contributed by atoms with Crippen molar-refractivity contribution in [3.8, 4) is 0 Å². The molecular weight excluding hydrogens is 232 g/mol. The summed E-state index contributed by atoms with van der Waals surface area (Å²) in [6.07, 6.45) is 3.35. The van der Waals surface area contributed by atoms with Crippen LogP contribution in [0.1, 0.15) is 22.6 Å². The normalized spacial score (nSPS) is 11.0. The summed E-state index contributed by atoms with van der Waals surface area (Å²) in [6, 6.07) is 7.75. The van der Waals surface area contributed by atoms with Crippen LogP contribution >= 0.6 is 0 Å². The van der Waals surface area contributed by atoms with Crippen LogP contribution < -0.4 is 0 Å². The van der Waals surface area contributed by atoms with Gasteiger partial charge in [0.15, 0.2) is 5.69 Å². The molecule has 0 amide bonds. The lowest BCUT2D eigenvalue weighted by atomic mass is 10.1. The summed E-state index contributed by atoms with van der Waals surface area (Å²) in [4.78, 5) is 10.4. The van der Waals surface area contributed by atoms with Crippen LogP contribution in [0.2, 0.25) is 0 Å². The topological polar surface area (TPSA) is 69.2 Å². The standard InChI is InChI=1S/C13H12N2O3/c1-9-5-3-4-6-11(9)7-8-12-13(15(16)17)10(2)14-18-12/h3-8H,1-2H3/b8-7-. The van der Waals surface area contributed by atoms with Gasteiger partial charge in [0.1, 0.15) is 0 Å². The van der Waals surface area contributed by atoms with E-state index in [2.05, 4.69) is 5.16 Å². The van der Waals surface area contributed by atoms with E-state index >= 15 is 0 Å². The van der Waals surface area contributed by atoms with Gasteiger partial charge in [0, 0.05) is 0 Å². The summed E-state index contributed by atoms with van der Waals surface area (Å²) in [7, 11) is 0. The van der Waals surface area contributed by atoms with Gasteiger partial charge in [0.2, 0.25) is 5.76 Å². The molecule has 0 aliphatic heterocycles. The summed E-state index contributed by atoms with van der Waals surface area (Å²) in [6.45, 7) is 3.52. The molecule has 92 valence electrons. The molecule has 2 rings (SSSR count). The molecule has 0 N–H and O–H groups in total. The van der Waals surface area contributed by atoms with Gasteiger partial charge in [-0.1, -0.05) is 35.5 Å². The third kappa shape index (κ3) is 2.29. The Morgan fingerprint density at radius 3 is 2.67 bits per heavy atom. The minimum absolute atomic E-state index is 0.0835. The fraction of sp³-hybridized carbons (Fsp3) is 0.154. The predicted molar refractivity (Wildman–Crippen MR) is 68.0 cm³/mol. The Kier molecular flexibility index (Phi) is 3.23. The molecule has 1 aromatic carbocycles.